The molecule has 1 aromatic rings. The van der Waals surface area contributed by atoms with Gasteiger partial charge in [-0.2, -0.15) is 0 Å². The number of nitrogens with two attached hydrogens (primary N) is 1. The van der Waals surface area contributed by atoms with Crippen LogP contribution in [0, 0.1) is 11.6 Å². The van der Waals surface area contributed by atoms with Gasteiger partial charge in [-0.3, -0.25) is 4.21 Å². The average molecular weight is 233 g/mol. The van der Waals surface area contributed by atoms with Crippen LogP contribution in [-0.4, -0.2) is 16.0 Å². The molecule has 0 saturated heterocycles. The smallest absolute Gasteiger partial charge is 0.139 e. The molecule has 0 spiro atoms. The SMILES string of the molecule is CCC(CN)S(=O)c1cc(F)ccc1F. The van der Waals surface area contributed by atoms with E-state index in [0.717, 1.165) is 18.2 Å². The molecular formula is C10H13F2NOS. The zero-order chi connectivity index (χ0) is 11.4. The Hall–Kier alpha value is -0.810. The Balaban J connectivity index is 3.04. The van der Waals surface area contributed by atoms with Crippen molar-refractivity contribution in [1.82, 2.24) is 0 Å². The maximum Gasteiger partial charge on any atom is 0.139 e. The van der Waals surface area contributed by atoms with Crippen molar-refractivity contribution in [3.63, 3.8) is 0 Å². The summed E-state index contributed by atoms with van der Waals surface area (Å²) >= 11 is 0. The Kier molecular flexibility index (Phi) is 4.35. The number of halogens is 2. The van der Waals surface area contributed by atoms with Gasteiger partial charge in [0.2, 0.25) is 0 Å². The second-order valence-electron chi connectivity index (χ2n) is 3.14. The van der Waals surface area contributed by atoms with Crippen molar-refractivity contribution in [2.45, 2.75) is 23.5 Å². The van der Waals surface area contributed by atoms with Crippen molar-refractivity contribution in [3.05, 3.63) is 29.8 Å². The van der Waals surface area contributed by atoms with Gasteiger partial charge in [-0.15, -0.1) is 0 Å². The van der Waals surface area contributed by atoms with Crippen LogP contribution in [0.2, 0.25) is 0 Å². The maximum atomic E-state index is 13.3. The largest absolute Gasteiger partial charge is 0.329 e. The Morgan fingerprint density at radius 3 is 2.67 bits per heavy atom. The van der Waals surface area contributed by atoms with Crippen LogP contribution in [0.1, 0.15) is 13.3 Å². The molecule has 0 bridgehead atoms. The Bertz CT molecular complexity index is 366. The minimum atomic E-state index is -1.58. The highest BCUT2D eigenvalue weighted by Gasteiger charge is 2.18. The van der Waals surface area contributed by atoms with E-state index in [9.17, 15) is 13.0 Å². The van der Waals surface area contributed by atoms with Gasteiger partial charge in [0.1, 0.15) is 11.6 Å². The van der Waals surface area contributed by atoms with Crippen LogP contribution in [0.15, 0.2) is 23.1 Å². The third-order valence-electron chi connectivity index (χ3n) is 2.13. The number of hydrogen-bond acceptors (Lipinski definition) is 2. The fourth-order valence-electron chi connectivity index (χ4n) is 1.22. The summed E-state index contributed by atoms with van der Waals surface area (Å²) in [5.41, 5.74) is 5.40. The summed E-state index contributed by atoms with van der Waals surface area (Å²) in [6, 6.07) is 2.94. The Labute approximate surface area is 89.9 Å². The zero-order valence-corrected chi connectivity index (χ0v) is 9.19. The fourth-order valence-corrected chi connectivity index (χ4v) is 2.54. The standard InChI is InChI=1S/C10H13F2NOS/c1-2-8(6-13)15(14)10-5-7(11)3-4-9(10)12/h3-5,8H,2,6,13H2,1H3. The van der Waals surface area contributed by atoms with Crippen molar-refractivity contribution >= 4 is 10.8 Å². The summed E-state index contributed by atoms with van der Waals surface area (Å²) in [5.74, 6) is -1.24. The summed E-state index contributed by atoms with van der Waals surface area (Å²) in [6.45, 7) is 2.01. The Morgan fingerprint density at radius 2 is 2.13 bits per heavy atom. The Morgan fingerprint density at radius 1 is 1.47 bits per heavy atom. The van der Waals surface area contributed by atoms with Crippen LogP contribution in [0.3, 0.4) is 0 Å². The van der Waals surface area contributed by atoms with Crippen molar-refractivity contribution in [2.75, 3.05) is 6.54 Å². The molecule has 1 aromatic carbocycles. The summed E-state index contributed by atoms with van der Waals surface area (Å²) < 4.78 is 37.9. The first-order chi connectivity index (χ1) is 7.10. The van der Waals surface area contributed by atoms with Gasteiger partial charge in [0, 0.05) is 6.54 Å². The van der Waals surface area contributed by atoms with Crippen LogP contribution >= 0.6 is 0 Å². The maximum absolute atomic E-state index is 13.3. The molecule has 0 radical (unpaired) electrons. The monoisotopic (exact) mass is 233 g/mol. The molecule has 15 heavy (non-hydrogen) atoms. The van der Waals surface area contributed by atoms with Crippen molar-refractivity contribution in [2.24, 2.45) is 5.73 Å². The minimum absolute atomic E-state index is 0.104. The predicted molar refractivity (Wildman–Crippen MR) is 55.9 cm³/mol. The fraction of sp³-hybridized carbons (Fsp3) is 0.400. The molecule has 0 aromatic heterocycles. The molecule has 5 heteroatoms. The van der Waals surface area contributed by atoms with Crippen molar-refractivity contribution in [3.8, 4) is 0 Å². The third kappa shape index (κ3) is 2.82. The number of benzene rings is 1. The molecule has 0 amide bonds. The van der Waals surface area contributed by atoms with Gasteiger partial charge in [-0.25, -0.2) is 8.78 Å². The van der Waals surface area contributed by atoms with E-state index in [2.05, 4.69) is 0 Å². The van der Waals surface area contributed by atoms with Crippen LogP contribution in [0.5, 0.6) is 0 Å². The summed E-state index contributed by atoms with van der Waals surface area (Å²) in [6.07, 6.45) is 0.569. The van der Waals surface area contributed by atoms with Gasteiger partial charge in [0.05, 0.1) is 20.9 Å². The minimum Gasteiger partial charge on any atom is -0.329 e. The lowest BCUT2D eigenvalue weighted by Gasteiger charge is -2.12. The molecule has 2 N–H and O–H groups in total. The summed E-state index contributed by atoms with van der Waals surface area (Å²) in [5, 5.41) is -0.332. The van der Waals surface area contributed by atoms with Crippen LogP contribution in [0.25, 0.3) is 0 Å². The molecule has 0 fully saturated rings. The van der Waals surface area contributed by atoms with E-state index in [-0.39, 0.29) is 16.7 Å². The lowest BCUT2D eigenvalue weighted by atomic mass is 10.3. The first-order valence-corrected chi connectivity index (χ1v) is 5.87. The predicted octanol–water partition coefficient (Wildman–Crippen LogP) is 1.81. The van der Waals surface area contributed by atoms with E-state index in [4.69, 9.17) is 5.73 Å². The van der Waals surface area contributed by atoms with Crippen LogP contribution in [-0.2, 0) is 10.8 Å². The van der Waals surface area contributed by atoms with E-state index < -0.39 is 22.4 Å². The van der Waals surface area contributed by atoms with Gasteiger partial charge in [0.25, 0.3) is 0 Å². The molecule has 2 nitrogen and oxygen atoms in total. The molecule has 0 aliphatic carbocycles. The molecule has 84 valence electrons. The molecule has 0 aliphatic rings. The van der Waals surface area contributed by atoms with Crippen LogP contribution in [0.4, 0.5) is 8.78 Å². The zero-order valence-electron chi connectivity index (χ0n) is 8.37. The van der Waals surface area contributed by atoms with Crippen LogP contribution < -0.4 is 5.73 Å². The molecule has 0 aliphatic heterocycles. The number of hydrogen-bond donors (Lipinski definition) is 1. The van der Waals surface area contributed by atoms with E-state index in [0.29, 0.717) is 6.42 Å². The first kappa shape index (κ1) is 12.3. The number of rotatable bonds is 4. The van der Waals surface area contributed by atoms with Gasteiger partial charge in [-0.05, 0) is 24.6 Å². The average Bonchev–Trinajstić information content (AvgIpc) is 2.23. The summed E-state index contributed by atoms with van der Waals surface area (Å²) in [4.78, 5) is -0.104. The molecule has 2 unspecified atom stereocenters. The third-order valence-corrected chi connectivity index (χ3v) is 4.01. The van der Waals surface area contributed by atoms with E-state index in [1.165, 1.54) is 0 Å². The molecule has 1 rings (SSSR count). The lowest BCUT2D eigenvalue weighted by Crippen LogP contribution is -2.25. The first-order valence-electron chi connectivity index (χ1n) is 4.65. The van der Waals surface area contributed by atoms with E-state index >= 15 is 0 Å². The van der Waals surface area contributed by atoms with Gasteiger partial charge < -0.3 is 5.73 Å². The van der Waals surface area contributed by atoms with E-state index in [1.807, 2.05) is 6.92 Å². The topological polar surface area (TPSA) is 43.1 Å². The quantitative estimate of drug-likeness (QED) is 0.861. The van der Waals surface area contributed by atoms with Gasteiger partial charge >= 0.3 is 0 Å². The van der Waals surface area contributed by atoms with Crippen molar-refractivity contribution in [1.29, 1.82) is 0 Å². The molecule has 0 heterocycles. The second-order valence-corrected chi connectivity index (χ2v) is 4.84. The molecular weight excluding hydrogens is 220 g/mol. The second kappa shape index (κ2) is 5.32. The van der Waals surface area contributed by atoms with Crippen molar-refractivity contribution < 1.29 is 13.0 Å². The van der Waals surface area contributed by atoms with E-state index in [1.54, 1.807) is 0 Å². The normalized spacial score (nSPS) is 14.9. The van der Waals surface area contributed by atoms with Gasteiger partial charge in [-0.1, -0.05) is 6.92 Å². The van der Waals surface area contributed by atoms with Gasteiger partial charge in [0.15, 0.2) is 0 Å². The molecule has 2 atom stereocenters. The molecule has 0 saturated carbocycles. The highest BCUT2D eigenvalue weighted by atomic mass is 32.2. The highest BCUT2D eigenvalue weighted by molar-refractivity contribution is 7.85. The lowest BCUT2D eigenvalue weighted by molar-refractivity contribution is 0.569. The highest BCUT2D eigenvalue weighted by Crippen LogP contribution is 2.18. The summed E-state index contributed by atoms with van der Waals surface area (Å²) in [7, 11) is -1.58.